The zero-order chi connectivity index (χ0) is 22.8. The average Bonchev–Trinajstić information content (AvgIpc) is 2.96. The smallest absolute Gasteiger partial charge is 0.246 e. The van der Waals surface area contributed by atoms with Crippen molar-refractivity contribution in [1.29, 1.82) is 0 Å². The van der Waals surface area contributed by atoms with Crippen LogP contribution in [0.1, 0.15) is 16.7 Å². The van der Waals surface area contributed by atoms with Gasteiger partial charge in [-0.05, 0) is 30.2 Å². The first-order valence-corrected chi connectivity index (χ1v) is 11.5. The third kappa shape index (κ3) is 4.54. The lowest BCUT2D eigenvalue weighted by atomic mass is 10.1. The Morgan fingerprint density at radius 3 is 2.39 bits per heavy atom. The summed E-state index contributed by atoms with van der Waals surface area (Å²) in [6, 6.07) is 18.7. The summed E-state index contributed by atoms with van der Waals surface area (Å²) in [5.74, 6) is 1.86. The van der Waals surface area contributed by atoms with Gasteiger partial charge < -0.3 is 14.7 Å². The van der Waals surface area contributed by atoms with E-state index in [0.29, 0.717) is 13.1 Å². The number of nitrogens with zero attached hydrogens (tertiary/aromatic N) is 6. The lowest BCUT2D eigenvalue weighted by Crippen LogP contribution is -2.46. The number of aromatic nitrogens is 2. The van der Waals surface area contributed by atoms with Crippen molar-refractivity contribution in [3.8, 4) is 0 Å². The Balaban J connectivity index is 1.39. The molecular weight excluding hydrogens is 412 g/mol. The topological polar surface area (TPSA) is 55.8 Å². The van der Waals surface area contributed by atoms with Crippen molar-refractivity contribution in [3.63, 3.8) is 0 Å². The Bertz CT molecular complexity index is 1130. The minimum atomic E-state index is 0.0692. The van der Waals surface area contributed by atoms with Gasteiger partial charge in [0.1, 0.15) is 18.0 Å². The maximum atomic E-state index is 13.1. The molecule has 7 heteroatoms. The van der Waals surface area contributed by atoms with E-state index in [9.17, 15) is 4.79 Å². The molecule has 33 heavy (non-hydrogen) atoms. The molecule has 0 N–H and O–H groups in total. The largest absolute Gasteiger partial charge is 0.354 e. The molecular formula is C26H30N6O. The number of likely N-dealkylation sites (N-methyl/N-ethyl adjacent to an activating group) is 1. The van der Waals surface area contributed by atoms with Gasteiger partial charge in [0.05, 0.1) is 18.7 Å². The molecule has 2 aliphatic rings. The Morgan fingerprint density at radius 1 is 0.879 bits per heavy atom. The third-order valence-electron chi connectivity index (χ3n) is 6.49. The van der Waals surface area contributed by atoms with Gasteiger partial charge in [-0.1, -0.05) is 42.5 Å². The maximum Gasteiger partial charge on any atom is 0.246 e. The lowest BCUT2D eigenvalue weighted by molar-refractivity contribution is -0.117. The monoisotopic (exact) mass is 442 g/mol. The van der Waals surface area contributed by atoms with E-state index in [1.54, 1.807) is 6.33 Å². The van der Waals surface area contributed by atoms with E-state index < -0.39 is 0 Å². The number of piperazine rings is 1. The first kappa shape index (κ1) is 21.4. The van der Waals surface area contributed by atoms with E-state index in [1.165, 1.54) is 5.56 Å². The molecule has 1 amide bonds. The molecule has 1 saturated heterocycles. The molecule has 1 fully saturated rings. The summed E-state index contributed by atoms with van der Waals surface area (Å²) in [7, 11) is 1.94. The van der Waals surface area contributed by atoms with E-state index in [-0.39, 0.29) is 5.91 Å². The molecule has 0 atom stereocenters. The molecule has 0 spiro atoms. The van der Waals surface area contributed by atoms with Gasteiger partial charge in [-0.25, -0.2) is 9.97 Å². The number of fused-ring (bicyclic) bond motifs is 1. The fourth-order valence-corrected chi connectivity index (χ4v) is 4.74. The molecule has 7 nitrogen and oxygen atoms in total. The Kier molecular flexibility index (Phi) is 5.96. The number of rotatable bonds is 4. The van der Waals surface area contributed by atoms with Crippen molar-refractivity contribution in [1.82, 2.24) is 14.9 Å². The van der Waals surface area contributed by atoms with Crippen molar-refractivity contribution in [3.05, 3.63) is 77.6 Å². The molecule has 0 unspecified atom stereocenters. The first-order chi connectivity index (χ1) is 16.1. The highest BCUT2D eigenvalue weighted by atomic mass is 16.2. The quantitative estimate of drug-likeness (QED) is 0.619. The van der Waals surface area contributed by atoms with Gasteiger partial charge >= 0.3 is 0 Å². The van der Waals surface area contributed by atoms with E-state index in [4.69, 9.17) is 4.98 Å². The number of carbonyl (C=O) groups is 1. The summed E-state index contributed by atoms with van der Waals surface area (Å²) < 4.78 is 0. The zero-order valence-electron chi connectivity index (χ0n) is 19.3. The summed E-state index contributed by atoms with van der Waals surface area (Å²) in [5.41, 5.74) is 4.42. The molecule has 3 heterocycles. The molecule has 0 bridgehead atoms. The molecule has 2 aromatic carbocycles. The summed E-state index contributed by atoms with van der Waals surface area (Å²) in [5, 5.41) is 0. The number of aryl methyl sites for hydroxylation is 1. The number of hydrogen-bond donors (Lipinski definition) is 0. The van der Waals surface area contributed by atoms with Crippen LogP contribution in [0.5, 0.6) is 0 Å². The van der Waals surface area contributed by atoms with Crippen LogP contribution in [0.2, 0.25) is 0 Å². The first-order valence-electron chi connectivity index (χ1n) is 11.5. The van der Waals surface area contributed by atoms with Gasteiger partial charge in [0, 0.05) is 45.5 Å². The Labute approximate surface area is 195 Å². The van der Waals surface area contributed by atoms with Gasteiger partial charge in [-0.3, -0.25) is 9.69 Å². The third-order valence-corrected chi connectivity index (χ3v) is 6.49. The fourth-order valence-electron chi connectivity index (χ4n) is 4.74. The zero-order valence-corrected chi connectivity index (χ0v) is 19.3. The predicted octanol–water partition coefficient (Wildman–Crippen LogP) is 3.09. The highest BCUT2D eigenvalue weighted by Gasteiger charge is 2.30. The van der Waals surface area contributed by atoms with Gasteiger partial charge in [0.15, 0.2) is 0 Å². The van der Waals surface area contributed by atoms with Crippen molar-refractivity contribution < 1.29 is 4.79 Å². The molecule has 1 aromatic heterocycles. The van der Waals surface area contributed by atoms with E-state index in [2.05, 4.69) is 64.2 Å². The van der Waals surface area contributed by atoms with Gasteiger partial charge in [0.25, 0.3) is 0 Å². The molecule has 5 rings (SSSR count). The second-order valence-corrected chi connectivity index (χ2v) is 8.92. The van der Waals surface area contributed by atoms with Crippen molar-refractivity contribution in [2.75, 3.05) is 54.5 Å². The highest BCUT2D eigenvalue weighted by Crippen LogP contribution is 2.32. The van der Waals surface area contributed by atoms with E-state index in [1.807, 2.05) is 29.0 Å². The minimum absolute atomic E-state index is 0.0692. The minimum Gasteiger partial charge on any atom is -0.354 e. The van der Waals surface area contributed by atoms with Crippen molar-refractivity contribution in [2.45, 2.75) is 20.0 Å². The van der Waals surface area contributed by atoms with Crippen LogP contribution in [-0.2, 0) is 17.9 Å². The van der Waals surface area contributed by atoms with Crippen LogP contribution in [0.4, 0.5) is 17.3 Å². The van der Waals surface area contributed by atoms with Crippen LogP contribution in [0, 0.1) is 6.92 Å². The maximum absolute atomic E-state index is 13.1. The number of carbonyl (C=O) groups excluding carboxylic acids is 1. The number of benzene rings is 2. The number of anilines is 3. The fraction of sp³-hybridized carbons (Fsp3) is 0.346. The van der Waals surface area contributed by atoms with Gasteiger partial charge in [-0.15, -0.1) is 0 Å². The molecule has 0 aliphatic carbocycles. The Morgan fingerprint density at radius 2 is 1.64 bits per heavy atom. The summed E-state index contributed by atoms with van der Waals surface area (Å²) in [6.07, 6.45) is 1.63. The Hall–Kier alpha value is -3.45. The van der Waals surface area contributed by atoms with Crippen LogP contribution in [0.25, 0.3) is 0 Å². The van der Waals surface area contributed by atoms with Crippen LogP contribution >= 0.6 is 0 Å². The standard InChI is InChI=1S/C26H30N6O/c1-20-7-6-10-22(15-20)32-17-23-25(29(2)18-24(32)33)27-19-28-26(23)31-13-11-30(12-14-31)16-21-8-4-3-5-9-21/h3-10,15,19H,11-14,16-18H2,1-2H3. The number of hydrogen-bond acceptors (Lipinski definition) is 6. The van der Waals surface area contributed by atoms with E-state index in [0.717, 1.165) is 61.2 Å². The van der Waals surface area contributed by atoms with Gasteiger partial charge in [-0.2, -0.15) is 0 Å². The number of amides is 1. The second-order valence-electron chi connectivity index (χ2n) is 8.92. The molecule has 3 aromatic rings. The normalized spacial score (nSPS) is 17.2. The summed E-state index contributed by atoms with van der Waals surface area (Å²) >= 11 is 0. The predicted molar refractivity (Wildman–Crippen MR) is 132 cm³/mol. The average molecular weight is 443 g/mol. The van der Waals surface area contributed by atoms with Crippen LogP contribution in [0.15, 0.2) is 60.9 Å². The highest BCUT2D eigenvalue weighted by molar-refractivity contribution is 5.98. The SMILES string of the molecule is Cc1cccc(N2Cc3c(ncnc3N3CCN(Cc4ccccc4)CC3)N(C)CC2=O)c1. The molecule has 2 aliphatic heterocycles. The van der Waals surface area contributed by atoms with E-state index >= 15 is 0 Å². The summed E-state index contributed by atoms with van der Waals surface area (Å²) in [6.45, 7) is 7.54. The van der Waals surface area contributed by atoms with Crippen molar-refractivity contribution >= 4 is 23.2 Å². The lowest BCUT2D eigenvalue weighted by Gasteiger charge is -2.36. The van der Waals surface area contributed by atoms with Crippen LogP contribution in [0.3, 0.4) is 0 Å². The van der Waals surface area contributed by atoms with Crippen LogP contribution in [-0.4, -0.2) is 60.5 Å². The second kappa shape index (κ2) is 9.19. The molecule has 170 valence electrons. The summed E-state index contributed by atoms with van der Waals surface area (Å²) in [4.78, 5) is 31.0. The molecule has 0 saturated carbocycles. The van der Waals surface area contributed by atoms with Crippen molar-refractivity contribution in [2.24, 2.45) is 0 Å². The molecule has 0 radical (unpaired) electrons. The van der Waals surface area contributed by atoms with Crippen LogP contribution < -0.4 is 14.7 Å². The van der Waals surface area contributed by atoms with Gasteiger partial charge in [0.2, 0.25) is 5.91 Å².